The average molecular weight is 496 g/mol. The molecule has 7 rings (SSSR count). The van der Waals surface area contributed by atoms with Crippen LogP contribution in [0.3, 0.4) is 0 Å². The second-order valence-electron chi connectivity index (χ2n) is 9.44. The maximum Gasteiger partial charge on any atom is 0.257 e. The third-order valence-corrected chi connectivity index (χ3v) is 6.99. The van der Waals surface area contributed by atoms with Gasteiger partial charge in [0.05, 0.1) is 35.2 Å². The summed E-state index contributed by atoms with van der Waals surface area (Å²) in [6.45, 7) is 0.352. The van der Waals surface area contributed by atoms with Gasteiger partial charge >= 0.3 is 0 Å². The smallest absolute Gasteiger partial charge is 0.257 e. The summed E-state index contributed by atoms with van der Waals surface area (Å²) in [6, 6.07) is 20.7. The van der Waals surface area contributed by atoms with Crippen LogP contribution in [0.1, 0.15) is 46.3 Å². The third-order valence-electron chi connectivity index (χ3n) is 6.99. The zero-order chi connectivity index (χ0) is 25.5. The molecule has 0 spiro atoms. The fourth-order valence-corrected chi connectivity index (χ4v) is 4.78. The highest BCUT2D eigenvalue weighted by molar-refractivity contribution is 5.98. The topological polar surface area (TPSA) is 85.8 Å². The number of hydrogen-bond donors (Lipinski definition) is 1. The number of carbonyl (C=O) groups is 1. The molecule has 3 heterocycles. The Kier molecular flexibility index (Phi) is 5.71. The summed E-state index contributed by atoms with van der Waals surface area (Å²) in [4.78, 5) is 23.2. The number of carbonyl (C=O) groups excluding carboxylic acids is 1. The number of anilines is 1. The normalized spacial score (nSPS) is 16.1. The zero-order valence-electron chi connectivity index (χ0n) is 20.3. The van der Waals surface area contributed by atoms with Crippen LogP contribution in [0.2, 0.25) is 0 Å². The van der Waals surface area contributed by atoms with Crippen molar-refractivity contribution in [2.45, 2.75) is 24.8 Å². The van der Waals surface area contributed by atoms with Crippen LogP contribution in [0.4, 0.5) is 10.2 Å². The zero-order valence-corrected chi connectivity index (χ0v) is 20.3. The molecule has 0 saturated heterocycles. The number of fused-ring (bicyclic) bond motifs is 4. The summed E-state index contributed by atoms with van der Waals surface area (Å²) >= 11 is 0. The van der Waals surface area contributed by atoms with Crippen LogP contribution in [-0.4, -0.2) is 38.8 Å². The molecule has 1 amide bonds. The number of imidazole rings is 1. The summed E-state index contributed by atoms with van der Waals surface area (Å²) in [7, 11) is 1.68. The van der Waals surface area contributed by atoms with E-state index in [0.717, 1.165) is 11.3 Å². The van der Waals surface area contributed by atoms with Crippen molar-refractivity contribution >= 4 is 28.3 Å². The van der Waals surface area contributed by atoms with E-state index in [9.17, 15) is 9.18 Å². The van der Waals surface area contributed by atoms with Crippen LogP contribution in [-0.2, 0) is 0 Å². The molecule has 1 aliphatic carbocycles. The molecule has 8 heteroatoms. The second kappa shape index (κ2) is 9.20. The Morgan fingerprint density at radius 2 is 1.81 bits per heavy atom. The first-order valence-electron chi connectivity index (χ1n) is 12.3. The summed E-state index contributed by atoms with van der Waals surface area (Å²) in [6.07, 6.45) is 5.59. The van der Waals surface area contributed by atoms with Crippen molar-refractivity contribution in [3.63, 3.8) is 0 Å². The first kappa shape index (κ1) is 23.0. The largest absolute Gasteiger partial charge is 0.491 e. The highest BCUT2D eigenvalue weighted by atomic mass is 19.1. The number of halogens is 1. The molecule has 5 aromatic rings. The number of nitrogens with zero attached hydrogens (tertiary/aromatic N) is 4. The molecule has 7 nitrogen and oxygen atoms in total. The van der Waals surface area contributed by atoms with Crippen molar-refractivity contribution < 1.29 is 13.9 Å². The van der Waals surface area contributed by atoms with Gasteiger partial charge in [0.1, 0.15) is 29.5 Å². The molecule has 1 atom stereocenters. The first-order chi connectivity index (χ1) is 18.0. The van der Waals surface area contributed by atoms with Gasteiger partial charge < -0.3 is 15.4 Å². The Bertz CT molecular complexity index is 1590. The minimum absolute atomic E-state index is 0.0281. The van der Waals surface area contributed by atoms with Crippen LogP contribution >= 0.6 is 0 Å². The molecule has 2 N–H and O–H groups in total. The molecule has 1 unspecified atom stereocenters. The average Bonchev–Trinajstić information content (AvgIpc) is 3.49. The van der Waals surface area contributed by atoms with Crippen LogP contribution in [0, 0.1) is 5.82 Å². The summed E-state index contributed by atoms with van der Waals surface area (Å²) < 4.78 is 22.5. The van der Waals surface area contributed by atoms with Crippen molar-refractivity contribution in [3.05, 3.63) is 102 Å². The number of benzene rings is 3. The third kappa shape index (κ3) is 4.24. The Balaban J connectivity index is 0.000000372. The Morgan fingerprint density at radius 3 is 2.51 bits per heavy atom. The highest BCUT2D eigenvalue weighted by Crippen LogP contribution is 2.44. The van der Waals surface area contributed by atoms with E-state index in [1.165, 1.54) is 30.5 Å². The predicted molar refractivity (Wildman–Crippen MR) is 140 cm³/mol. The maximum atomic E-state index is 14.9. The van der Waals surface area contributed by atoms with Gasteiger partial charge in [-0.05, 0) is 36.5 Å². The number of likely N-dealkylation sites (N-methyl/N-ethyl adjacent to an activating group) is 1. The van der Waals surface area contributed by atoms with Crippen LogP contribution in [0.15, 0.2) is 79.3 Å². The van der Waals surface area contributed by atoms with E-state index < -0.39 is 11.7 Å². The lowest BCUT2D eigenvalue weighted by molar-refractivity contribution is 0.0704. The van der Waals surface area contributed by atoms with Gasteiger partial charge in [0.2, 0.25) is 0 Å². The molecular weight excluding hydrogens is 469 g/mol. The minimum atomic E-state index is -0.640. The van der Waals surface area contributed by atoms with E-state index in [2.05, 4.69) is 22.1 Å². The fourth-order valence-electron chi connectivity index (χ4n) is 4.78. The van der Waals surface area contributed by atoms with Crippen molar-refractivity contribution in [3.8, 4) is 5.75 Å². The number of amides is 1. The summed E-state index contributed by atoms with van der Waals surface area (Å²) in [5.74, 6) is 0.636. The number of hydrogen-bond acceptors (Lipinski definition) is 5. The number of nitrogen functional groups attached to an aromatic ring is 1. The molecular formula is C29H26FN5O2. The van der Waals surface area contributed by atoms with E-state index in [-0.39, 0.29) is 17.4 Å². The summed E-state index contributed by atoms with van der Waals surface area (Å²) in [5.41, 5.74) is 9.68. The molecule has 186 valence electrons. The molecule has 0 radical (unpaired) electrons. The van der Waals surface area contributed by atoms with Crippen LogP contribution < -0.4 is 10.5 Å². The lowest BCUT2D eigenvalue weighted by Crippen LogP contribution is -2.32. The highest BCUT2D eigenvalue weighted by Gasteiger charge is 2.33. The number of ether oxygens (including phenoxy) is 1. The van der Waals surface area contributed by atoms with Gasteiger partial charge in [-0.1, -0.05) is 48.5 Å². The van der Waals surface area contributed by atoms with Crippen molar-refractivity contribution in [2.75, 3.05) is 19.4 Å². The van der Waals surface area contributed by atoms with Gasteiger partial charge in [-0.2, -0.15) is 0 Å². The van der Waals surface area contributed by atoms with Gasteiger partial charge in [-0.25, -0.2) is 14.4 Å². The number of aromatic nitrogens is 3. The molecule has 1 aliphatic heterocycles. The SMILES string of the molecule is CN(C(=O)c1cc2c(cc1F)nc(N)c1cncn12)C1COc2cc(C3CC3)ccc21.c1ccccc1. The fraction of sp³-hybridized carbons (Fsp3) is 0.207. The van der Waals surface area contributed by atoms with Gasteiger partial charge in [0.15, 0.2) is 0 Å². The van der Waals surface area contributed by atoms with E-state index >= 15 is 0 Å². The second-order valence-corrected chi connectivity index (χ2v) is 9.44. The number of nitrogens with two attached hydrogens (primary N) is 1. The lowest BCUT2D eigenvalue weighted by atomic mass is 10.0. The molecule has 1 fully saturated rings. The van der Waals surface area contributed by atoms with E-state index in [0.29, 0.717) is 29.1 Å². The Hall–Kier alpha value is -4.46. The van der Waals surface area contributed by atoms with E-state index in [4.69, 9.17) is 10.5 Å². The van der Waals surface area contributed by atoms with E-state index in [1.54, 1.807) is 28.9 Å². The standard InChI is InChI=1S/C23H20FN5O2.C6H6/c1-28(20-10-31-21-6-13(12-2-3-12)4-5-14(20)21)23(30)15-7-18-17(8-16(15)24)27-22(25)19-9-26-11-29(18)19;1-2-4-6-5-3-1/h4-9,11-12,20H,2-3,10H2,1H3,(H2,25,27);1-6H. The maximum absolute atomic E-state index is 14.9. The van der Waals surface area contributed by atoms with Gasteiger partial charge in [-0.3, -0.25) is 9.20 Å². The Morgan fingerprint density at radius 1 is 1.08 bits per heavy atom. The minimum Gasteiger partial charge on any atom is -0.491 e. The van der Waals surface area contributed by atoms with Gasteiger partial charge in [0, 0.05) is 18.7 Å². The quantitative estimate of drug-likeness (QED) is 0.364. The van der Waals surface area contributed by atoms with Crippen molar-refractivity contribution in [1.82, 2.24) is 19.3 Å². The first-order valence-corrected chi connectivity index (χ1v) is 12.3. The molecule has 0 bridgehead atoms. The molecule has 3 aromatic carbocycles. The van der Waals surface area contributed by atoms with E-state index in [1.807, 2.05) is 42.5 Å². The Labute approximate surface area is 213 Å². The van der Waals surface area contributed by atoms with Crippen molar-refractivity contribution in [2.24, 2.45) is 0 Å². The monoisotopic (exact) mass is 495 g/mol. The van der Waals surface area contributed by atoms with Gasteiger partial charge in [-0.15, -0.1) is 0 Å². The molecule has 37 heavy (non-hydrogen) atoms. The van der Waals surface area contributed by atoms with Crippen LogP contribution in [0.5, 0.6) is 5.75 Å². The van der Waals surface area contributed by atoms with Crippen molar-refractivity contribution in [1.29, 1.82) is 0 Å². The summed E-state index contributed by atoms with van der Waals surface area (Å²) in [5, 5.41) is 0. The number of rotatable bonds is 3. The molecule has 1 saturated carbocycles. The van der Waals surface area contributed by atoms with Gasteiger partial charge in [0.25, 0.3) is 5.91 Å². The van der Waals surface area contributed by atoms with Crippen LogP contribution in [0.25, 0.3) is 16.6 Å². The molecule has 2 aromatic heterocycles. The molecule has 2 aliphatic rings. The lowest BCUT2D eigenvalue weighted by Gasteiger charge is -2.24. The predicted octanol–water partition coefficient (Wildman–Crippen LogP) is 5.37.